The van der Waals surface area contributed by atoms with E-state index in [-0.39, 0.29) is 11.9 Å². The van der Waals surface area contributed by atoms with Crippen molar-refractivity contribution < 1.29 is 9.50 Å². The van der Waals surface area contributed by atoms with Gasteiger partial charge in [-0.25, -0.2) is 4.39 Å². The van der Waals surface area contributed by atoms with Crippen LogP contribution in [0.25, 0.3) is 0 Å². The highest BCUT2D eigenvalue weighted by molar-refractivity contribution is 7.99. The van der Waals surface area contributed by atoms with Crippen LogP contribution in [0.3, 0.4) is 0 Å². The van der Waals surface area contributed by atoms with Crippen LogP contribution in [-0.2, 0) is 6.42 Å². The predicted octanol–water partition coefficient (Wildman–Crippen LogP) is 3.26. The lowest BCUT2D eigenvalue weighted by molar-refractivity contribution is 0.139. The summed E-state index contributed by atoms with van der Waals surface area (Å²) in [7, 11) is 0. The van der Waals surface area contributed by atoms with Crippen molar-refractivity contribution in [1.82, 2.24) is 0 Å². The van der Waals surface area contributed by atoms with Crippen molar-refractivity contribution in [3.8, 4) is 0 Å². The van der Waals surface area contributed by atoms with Gasteiger partial charge in [-0.2, -0.15) is 11.8 Å². The lowest BCUT2D eigenvalue weighted by atomic mass is 9.93. The first-order valence-corrected chi connectivity index (χ1v) is 7.40. The van der Waals surface area contributed by atoms with Crippen LogP contribution in [0.4, 0.5) is 4.39 Å². The van der Waals surface area contributed by atoms with E-state index < -0.39 is 0 Å². The standard InChI is InChI=1S/C14H19FOS/c15-13-3-1-11(2-4-13)9-14(16)10-12-5-7-17-8-6-12/h1-4,12,14,16H,5-10H2. The van der Waals surface area contributed by atoms with Gasteiger partial charge < -0.3 is 5.11 Å². The van der Waals surface area contributed by atoms with E-state index in [4.69, 9.17) is 0 Å². The maximum Gasteiger partial charge on any atom is 0.123 e. The van der Waals surface area contributed by atoms with Crippen molar-refractivity contribution in [1.29, 1.82) is 0 Å². The largest absolute Gasteiger partial charge is 0.393 e. The average molecular weight is 254 g/mol. The Hall–Kier alpha value is -0.540. The molecule has 0 bridgehead atoms. The van der Waals surface area contributed by atoms with Gasteiger partial charge in [-0.05, 0) is 60.8 Å². The third kappa shape index (κ3) is 4.32. The fraction of sp³-hybridized carbons (Fsp3) is 0.571. The lowest BCUT2D eigenvalue weighted by Crippen LogP contribution is -2.19. The molecule has 0 spiro atoms. The minimum atomic E-state index is -0.284. The smallest absolute Gasteiger partial charge is 0.123 e. The van der Waals surface area contributed by atoms with Crippen LogP contribution in [0.5, 0.6) is 0 Å². The minimum absolute atomic E-state index is 0.215. The Labute approximate surface area is 106 Å². The Bertz CT molecular complexity index is 333. The van der Waals surface area contributed by atoms with Gasteiger partial charge in [0.05, 0.1) is 6.10 Å². The van der Waals surface area contributed by atoms with Gasteiger partial charge >= 0.3 is 0 Å². The molecule has 1 N–H and O–H groups in total. The number of halogens is 1. The second-order valence-electron chi connectivity index (χ2n) is 4.78. The first-order valence-electron chi connectivity index (χ1n) is 6.24. The summed E-state index contributed by atoms with van der Waals surface area (Å²) in [4.78, 5) is 0. The third-order valence-corrected chi connectivity index (χ3v) is 4.38. The highest BCUT2D eigenvalue weighted by Crippen LogP contribution is 2.27. The van der Waals surface area contributed by atoms with Gasteiger partial charge in [0, 0.05) is 0 Å². The maximum atomic E-state index is 12.7. The number of thioether (sulfide) groups is 1. The summed E-state index contributed by atoms with van der Waals surface area (Å²) >= 11 is 2.01. The van der Waals surface area contributed by atoms with Gasteiger partial charge in [-0.3, -0.25) is 0 Å². The summed E-state index contributed by atoms with van der Waals surface area (Å²) in [5.41, 5.74) is 1.02. The first-order chi connectivity index (χ1) is 8.24. The van der Waals surface area contributed by atoms with E-state index >= 15 is 0 Å². The van der Waals surface area contributed by atoms with E-state index in [1.807, 2.05) is 11.8 Å². The zero-order valence-electron chi connectivity index (χ0n) is 9.94. The molecule has 0 aromatic heterocycles. The van der Waals surface area contributed by atoms with Gasteiger partial charge in [0.2, 0.25) is 0 Å². The zero-order valence-corrected chi connectivity index (χ0v) is 10.8. The Morgan fingerprint density at radius 3 is 2.53 bits per heavy atom. The second-order valence-corrected chi connectivity index (χ2v) is 6.00. The summed E-state index contributed by atoms with van der Waals surface area (Å²) in [5, 5.41) is 10.0. The minimum Gasteiger partial charge on any atom is -0.393 e. The molecule has 0 saturated carbocycles. The van der Waals surface area contributed by atoms with Crippen molar-refractivity contribution in [2.24, 2.45) is 5.92 Å². The Balaban J connectivity index is 1.79. The molecule has 1 nitrogen and oxygen atoms in total. The summed E-state index contributed by atoms with van der Waals surface area (Å²) in [6, 6.07) is 6.43. The van der Waals surface area contributed by atoms with Gasteiger partial charge in [0.1, 0.15) is 5.82 Å². The topological polar surface area (TPSA) is 20.2 Å². The fourth-order valence-corrected chi connectivity index (χ4v) is 3.55. The Morgan fingerprint density at radius 1 is 1.24 bits per heavy atom. The molecule has 1 unspecified atom stereocenters. The number of aliphatic hydroxyl groups excluding tert-OH is 1. The van der Waals surface area contributed by atoms with Crippen LogP contribution >= 0.6 is 11.8 Å². The second kappa shape index (κ2) is 6.41. The van der Waals surface area contributed by atoms with Gasteiger partial charge in [-0.1, -0.05) is 12.1 Å². The van der Waals surface area contributed by atoms with E-state index in [0.717, 1.165) is 12.0 Å². The van der Waals surface area contributed by atoms with Crippen molar-refractivity contribution in [2.75, 3.05) is 11.5 Å². The third-order valence-electron chi connectivity index (χ3n) is 3.33. The van der Waals surface area contributed by atoms with Gasteiger partial charge in [0.15, 0.2) is 0 Å². The normalized spacial score (nSPS) is 19.2. The molecule has 1 aromatic carbocycles. The Morgan fingerprint density at radius 2 is 1.88 bits per heavy atom. The van der Waals surface area contributed by atoms with Crippen LogP contribution in [0.1, 0.15) is 24.8 Å². The van der Waals surface area contributed by atoms with E-state index in [0.29, 0.717) is 12.3 Å². The molecule has 94 valence electrons. The fourth-order valence-electron chi connectivity index (χ4n) is 2.34. The molecule has 0 amide bonds. The molecule has 2 rings (SSSR count). The summed E-state index contributed by atoms with van der Waals surface area (Å²) < 4.78 is 12.7. The van der Waals surface area contributed by atoms with Crippen LogP contribution in [0.2, 0.25) is 0 Å². The van der Waals surface area contributed by atoms with E-state index in [2.05, 4.69) is 0 Å². The number of benzene rings is 1. The molecule has 0 radical (unpaired) electrons. The van der Waals surface area contributed by atoms with Crippen molar-refractivity contribution >= 4 is 11.8 Å². The highest BCUT2D eigenvalue weighted by Gasteiger charge is 2.17. The molecule has 17 heavy (non-hydrogen) atoms. The molecule has 3 heteroatoms. The average Bonchev–Trinajstić information content (AvgIpc) is 2.33. The zero-order chi connectivity index (χ0) is 12.1. The van der Waals surface area contributed by atoms with Crippen LogP contribution < -0.4 is 0 Å². The molecule has 1 aliphatic heterocycles. The molecule has 1 aliphatic rings. The molecule has 1 saturated heterocycles. The maximum absolute atomic E-state index is 12.7. The molecular formula is C14H19FOS. The van der Waals surface area contributed by atoms with E-state index in [1.54, 1.807) is 12.1 Å². The van der Waals surface area contributed by atoms with Gasteiger partial charge in [0.25, 0.3) is 0 Å². The predicted molar refractivity (Wildman–Crippen MR) is 70.8 cm³/mol. The number of hydrogen-bond donors (Lipinski definition) is 1. The molecular weight excluding hydrogens is 235 g/mol. The van der Waals surface area contributed by atoms with Gasteiger partial charge in [-0.15, -0.1) is 0 Å². The molecule has 0 aliphatic carbocycles. The quantitative estimate of drug-likeness (QED) is 0.890. The van der Waals surface area contributed by atoms with E-state index in [9.17, 15) is 9.50 Å². The number of aliphatic hydroxyl groups is 1. The van der Waals surface area contributed by atoms with E-state index in [1.165, 1.54) is 36.5 Å². The molecule has 1 aromatic rings. The van der Waals surface area contributed by atoms with Crippen LogP contribution in [0, 0.1) is 11.7 Å². The van der Waals surface area contributed by atoms with Crippen LogP contribution in [0.15, 0.2) is 24.3 Å². The monoisotopic (exact) mass is 254 g/mol. The first kappa shape index (κ1) is 12.9. The van der Waals surface area contributed by atoms with Crippen molar-refractivity contribution in [2.45, 2.75) is 31.8 Å². The van der Waals surface area contributed by atoms with Crippen molar-refractivity contribution in [3.05, 3.63) is 35.6 Å². The summed E-state index contributed by atoms with van der Waals surface area (Å²) in [6.45, 7) is 0. The number of rotatable bonds is 4. The molecule has 1 atom stereocenters. The molecule has 1 fully saturated rings. The molecule has 1 heterocycles. The highest BCUT2D eigenvalue weighted by atomic mass is 32.2. The van der Waals surface area contributed by atoms with Crippen LogP contribution in [-0.4, -0.2) is 22.7 Å². The number of hydrogen-bond acceptors (Lipinski definition) is 2. The van der Waals surface area contributed by atoms with Crippen molar-refractivity contribution in [3.63, 3.8) is 0 Å². The lowest BCUT2D eigenvalue weighted by Gasteiger charge is -2.23. The SMILES string of the molecule is OC(Cc1ccc(F)cc1)CC1CCSCC1. The summed E-state index contributed by atoms with van der Waals surface area (Å²) in [5.74, 6) is 2.92. The Kier molecular flexibility index (Phi) is 4.86. The summed E-state index contributed by atoms with van der Waals surface area (Å²) in [6.07, 6.45) is 3.70.